The number of aliphatic hydroxyl groups is 1. The predicted octanol–water partition coefficient (Wildman–Crippen LogP) is 3.09. The monoisotopic (exact) mass is 255 g/mol. The second-order valence-electron chi connectivity index (χ2n) is 5.88. The Morgan fingerprint density at radius 2 is 1.89 bits per heavy atom. The van der Waals surface area contributed by atoms with Crippen LogP contribution in [-0.4, -0.2) is 17.3 Å². The molecular weight excluding hydrogens is 234 g/mol. The van der Waals surface area contributed by atoms with Gasteiger partial charge in [0.25, 0.3) is 0 Å². The van der Waals surface area contributed by atoms with E-state index < -0.39 is 0 Å². The third-order valence-corrected chi connectivity index (χ3v) is 4.32. The fraction of sp³-hybridized carbons (Fsp3) is 0.412. The van der Waals surface area contributed by atoms with Crippen LogP contribution in [0, 0.1) is 5.92 Å². The van der Waals surface area contributed by atoms with Crippen LogP contribution in [0.3, 0.4) is 0 Å². The molecule has 2 N–H and O–H groups in total. The van der Waals surface area contributed by atoms with E-state index in [1.165, 1.54) is 29.2 Å². The van der Waals surface area contributed by atoms with Crippen LogP contribution in [0.5, 0.6) is 0 Å². The van der Waals surface area contributed by atoms with Crippen LogP contribution in [0.15, 0.2) is 42.5 Å². The first-order valence-corrected chi connectivity index (χ1v) is 7.05. The average Bonchev–Trinajstić information content (AvgIpc) is 3.29. The van der Waals surface area contributed by atoms with Crippen molar-refractivity contribution in [3.8, 4) is 0 Å². The van der Waals surface area contributed by atoms with Crippen LogP contribution in [0.4, 0.5) is 0 Å². The Kier molecular flexibility index (Phi) is 3.29. The fourth-order valence-electron chi connectivity index (χ4n) is 2.70. The molecule has 1 aliphatic rings. The van der Waals surface area contributed by atoms with E-state index in [-0.39, 0.29) is 12.1 Å². The molecule has 100 valence electrons. The van der Waals surface area contributed by atoms with Gasteiger partial charge in [0.05, 0.1) is 6.61 Å². The highest BCUT2D eigenvalue weighted by Gasteiger charge is 2.40. The molecule has 0 bridgehead atoms. The summed E-state index contributed by atoms with van der Waals surface area (Å²) in [7, 11) is 0. The van der Waals surface area contributed by atoms with Gasteiger partial charge in [0.15, 0.2) is 0 Å². The van der Waals surface area contributed by atoms with Gasteiger partial charge in [0, 0.05) is 12.1 Å². The molecule has 19 heavy (non-hydrogen) atoms. The van der Waals surface area contributed by atoms with Crippen molar-refractivity contribution in [2.24, 2.45) is 5.92 Å². The minimum atomic E-state index is -0.119. The summed E-state index contributed by atoms with van der Waals surface area (Å²) in [4.78, 5) is 0. The first-order chi connectivity index (χ1) is 9.21. The van der Waals surface area contributed by atoms with Crippen molar-refractivity contribution in [3.63, 3.8) is 0 Å². The largest absolute Gasteiger partial charge is 0.394 e. The second kappa shape index (κ2) is 4.95. The van der Waals surface area contributed by atoms with Crippen LogP contribution in [0.25, 0.3) is 10.8 Å². The highest BCUT2D eigenvalue weighted by atomic mass is 16.3. The summed E-state index contributed by atoms with van der Waals surface area (Å²) in [5, 5.41) is 15.7. The molecule has 0 radical (unpaired) electrons. The molecule has 1 saturated carbocycles. The molecule has 0 saturated heterocycles. The van der Waals surface area contributed by atoms with Gasteiger partial charge in [-0.05, 0) is 48.1 Å². The molecule has 2 aromatic rings. The summed E-state index contributed by atoms with van der Waals surface area (Å²) < 4.78 is 0. The molecule has 2 heteroatoms. The molecule has 0 spiro atoms. The number of nitrogens with one attached hydrogen (secondary N) is 1. The topological polar surface area (TPSA) is 32.3 Å². The summed E-state index contributed by atoms with van der Waals surface area (Å²) in [6, 6.07) is 15.0. The van der Waals surface area contributed by atoms with Crippen LogP contribution in [0.2, 0.25) is 0 Å². The highest BCUT2D eigenvalue weighted by Crippen LogP contribution is 2.39. The smallest absolute Gasteiger partial charge is 0.0613 e. The van der Waals surface area contributed by atoms with E-state index in [0.717, 1.165) is 6.54 Å². The molecule has 1 unspecified atom stereocenters. The molecular formula is C17H21NO. The Balaban J connectivity index is 1.74. The summed E-state index contributed by atoms with van der Waals surface area (Å²) in [6.07, 6.45) is 2.48. The number of fused-ring (bicyclic) bond motifs is 1. The normalized spacial score (nSPS) is 18.4. The molecule has 1 aliphatic carbocycles. The van der Waals surface area contributed by atoms with Gasteiger partial charge in [-0.1, -0.05) is 36.4 Å². The Bertz CT molecular complexity index is 576. The molecule has 0 heterocycles. The number of rotatable bonds is 5. The second-order valence-corrected chi connectivity index (χ2v) is 5.88. The number of aliphatic hydroxyl groups excluding tert-OH is 1. The van der Waals surface area contributed by atoms with Crippen LogP contribution < -0.4 is 5.32 Å². The zero-order valence-corrected chi connectivity index (χ0v) is 11.4. The van der Waals surface area contributed by atoms with Crippen molar-refractivity contribution in [2.75, 3.05) is 6.61 Å². The maximum absolute atomic E-state index is 9.58. The zero-order chi connectivity index (χ0) is 13.3. The molecule has 0 aromatic heterocycles. The van der Waals surface area contributed by atoms with Crippen molar-refractivity contribution >= 4 is 10.8 Å². The first kappa shape index (κ1) is 12.6. The third-order valence-electron chi connectivity index (χ3n) is 4.32. The van der Waals surface area contributed by atoms with Crippen molar-refractivity contribution in [2.45, 2.75) is 31.8 Å². The Morgan fingerprint density at radius 1 is 1.16 bits per heavy atom. The van der Waals surface area contributed by atoms with E-state index in [9.17, 15) is 5.11 Å². The van der Waals surface area contributed by atoms with E-state index in [0.29, 0.717) is 5.92 Å². The first-order valence-electron chi connectivity index (χ1n) is 7.05. The summed E-state index contributed by atoms with van der Waals surface area (Å²) in [5.74, 6) is 0.637. The lowest BCUT2D eigenvalue weighted by Crippen LogP contribution is -2.47. The maximum Gasteiger partial charge on any atom is 0.0613 e. The van der Waals surface area contributed by atoms with Crippen molar-refractivity contribution in [1.82, 2.24) is 5.32 Å². The van der Waals surface area contributed by atoms with E-state index in [4.69, 9.17) is 0 Å². The minimum absolute atomic E-state index is 0.119. The van der Waals surface area contributed by atoms with Gasteiger partial charge >= 0.3 is 0 Å². The number of benzene rings is 2. The third kappa shape index (κ3) is 2.65. The Morgan fingerprint density at radius 3 is 2.58 bits per heavy atom. The van der Waals surface area contributed by atoms with E-state index >= 15 is 0 Å². The summed E-state index contributed by atoms with van der Waals surface area (Å²) in [5.41, 5.74) is 1.16. The molecule has 3 rings (SSSR count). The van der Waals surface area contributed by atoms with Gasteiger partial charge in [-0.15, -0.1) is 0 Å². The summed E-state index contributed by atoms with van der Waals surface area (Å²) in [6.45, 7) is 3.16. The van der Waals surface area contributed by atoms with E-state index in [1.54, 1.807) is 0 Å². The van der Waals surface area contributed by atoms with Crippen molar-refractivity contribution < 1.29 is 5.11 Å². The molecule has 2 aromatic carbocycles. The maximum atomic E-state index is 9.58. The van der Waals surface area contributed by atoms with Gasteiger partial charge in [0.2, 0.25) is 0 Å². The molecule has 1 atom stereocenters. The fourth-order valence-corrected chi connectivity index (χ4v) is 2.70. The average molecular weight is 255 g/mol. The number of hydrogen-bond acceptors (Lipinski definition) is 2. The van der Waals surface area contributed by atoms with E-state index in [2.05, 4.69) is 54.7 Å². The van der Waals surface area contributed by atoms with Crippen molar-refractivity contribution in [3.05, 3.63) is 48.0 Å². The number of hydrogen-bond donors (Lipinski definition) is 2. The molecule has 2 nitrogen and oxygen atoms in total. The minimum Gasteiger partial charge on any atom is -0.394 e. The van der Waals surface area contributed by atoms with Gasteiger partial charge < -0.3 is 10.4 Å². The van der Waals surface area contributed by atoms with Crippen LogP contribution in [0.1, 0.15) is 25.3 Å². The van der Waals surface area contributed by atoms with Gasteiger partial charge in [-0.25, -0.2) is 0 Å². The molecule has 0 aliphatic heterocycles. The molecule has 1 fully saturated rings. The van der Waals surface area contributed by atoms with Crippen LogP contribution >= 0.6 is 0 Å². The highest BCUT2D eigenvalue weighted by molar-refractivity contribution is 5.82. The zero-order valence-electron chi connectivity index (χ0n) is 11.4. The Hall–Kier alpha value is -1.38. The lowest BCUT2D eigenvalue weighted by atomic mass is 9.96. The lowest BCUT2D eigenvalue weighted by Gasteiger charge is -2.29. The van der Waals surface area contributed by atoms with Gasteiger partial charge in [0.1, 0.15) is 0 Å². The lowest BCUT2D eigenvalue weighted by molar-refractivity contribution is 0.153. The van der Waals surface area contributed by atoms with Crippen LogP contribution in [-0.2, 0) is 6.54 Å². The Labute approximate surface area is 114 Å². The van der Waals surface area contributed by atoms with Gasteiger partial charge in [-0.3, -0.25) is 0 Å². The SMILES string of the molecule is CC(CO)(NCc1ccc2ccccc2c1)C1CC1. The quantitative estimate of drug-likeness (QED) is 0.860. The van der Waals surface area contributed by atoms with Gasteiger partial charge in [-0.2, -0.15) is 0 Å². The molecule has 0 amide bonds. The van der Waals surface area contributed by atoms with Crippen molar-refractivity contribution in [1.29, 1.82) is 0 Å². The summed E-state index contributed by atoms with van der Waals surface area (Å²) >= 11 is 0. The van der Waals surface area contributed by atoms with E-state index in [1.807, 2.05) is 0 Å². The standard InChI is InChI=1S/C17H21NO/c1-17(12-19,16-8-9-16)18-11-13-6-7-14-4-2-3-5-15(14)10-13/h2-7,10,16,18-19H,8-9,11-12H2,1H3. The predicted molar refractivity (Wildman–Crippen MR) is 79.0 cm³/mol.